The number of amides is 3. The van der Waals surface area contributed by atoms with Gasteiger partial charge in [-0.1, -0.05) is 97.1 Å². The molecule has 374 valence electrons. The Balaban J connectivity index is 0.692. The van der Waals surface area contributed by atoms with E-state index in [0.717, 1.165) is 27.8 Å². The van der Waals surface area contributed by atoms with Crippen molar-refractivity contribution in [3.63, 3.8) is 0 Å². The monoisotopic (exact) mass is 1030 g/mol. The lowest BCUT2D eigenvalue weighted by atomic mass is 9.91. The number of nitrogens with one attached hydrogen (secondary N) is 3. The average Bonchev–Trinajstić information content (AvgIpc) is 4.26. The second kappa shape index (κ2) is 21.7. The van der Waals surface area contributed by atoms with Crippen molar-refractivity contribution < 1.29 is 19.5 Å². The van der Waals surface area contributed by atoms with Gasteiger partial charge in [0.1, 0.15) is 5.52 Å². The molecule has 1 aliphatic rings. The van der Waals surface area contributed by atoms with Crippen LogP contribution in [0.3, 0.4) is 0 Å². The van der Waals surface area contributed by atoms with E-state index in [-0.39, 0.29) is 60.5 Å². The highest BCUT2D eigenvalue weighted by Crippen LogP contribution is 2.31. The van der Waals surface area contributed by atoms with E-state index in [9.17, 15) is 29.1 Å². The van der Waals surface area contributed by atoms with E-state index in [1.165, 1.54) is 38.2 Å². The number of carbonyl (C=O) groups excluding carboxylic acids is 3. The van der Waals surface area contributed by atoms with Crippen LogP contribution in [-0.2, 0) is 36.1 Å². The van der Waals surface area contributed by atoms with Gasteiger partial charge in [0.15, 0.2) is 11.2 Å². The Morgan fingerprint density at radius 2 is 1.51 bits per heavy atom. The molecule has 3 amide bonds. The Labute approximate surface area is 430 Å². The summed E-state index contributed by atoms with van der Waals surface area (Å²) in [5, 5.41) is 37.7. The fourth-order valence-corrected chi connectivity index (χ4v) is 10.0. The van der Waals surface area contributed by atoms with Crippen LogP contribution in [0.5, 0.6) is 0 Å². The molecule has 4 N–H and O–H groups in total. The van der Waals surface area contributed by atoms with Crippen molar-refractivity contribution in [1.29, 1.82) is 0 Å². The van der Waals surface area contributed by atoms with Gasteiger partial charge in [0.25, 0.3) is 11.5 Å². The second-order valence-corrected chi connectivity index (χ2v) is 19.6. The molecule has 9 aromatic rings. The molecule has 19 nitrogen and oxygen atoms in total. The minimum absolute atomic E-state index is 0.0375. The standard InChI is InChI=1S/C53H49N13O6S2/c1-63-47(44-46(61-63)49(70)65(33-57-44)32-53(72)23-27-64(28-24-53)42(68)21-14-34-8-4-2-5-9-34)38-15-12-35(13-16-38)30-56-41(67)22-25-54-48(69)39-19-17-36(18-20-39)40-31-74-52(58-40)66-50(71)45(59-60-51-55-26-29-73-51)43(62-66)37-10-6-3-7-11-37/h2-13,15-20,26,29,31,33,62,72H,14,21-25,27-28,30,32H2,1H3,(H,54,69)(H,56,67). The van der Waals surface area contributed by atoms with Crippen molar-refractivity contribution in [2.45, 2.75) is 50.8 Å². The number of aromatic amines is 1. The van der Waals surface area contributed by atoms with Gasteiger partial charge in [-0.25, -0.2) is 15.0 Å². The number of piperidine rings is 1. The highest BCUT2D eigenvalue weighted by molar-refractivity contribution is 7.13. The summed E-state index contributed by atoms with van der Waals surface area (Å²) in [7, 11) is 1.74. The van der Waals surface area contributed by atoms with Gasteiger partial charge in [-0.3, -0.25) is 38.3 Å². The maximum atomic E-state index is 13.7. The number of aliphatic hydroxyl groups is 1. The molecule has 1 aliphatic heterocycles. The van der Waals surface area contributed by atoms with Gasteiger partial charge in [-0.2, -0.15) is 9.78 Å². The molecular formula is C53H49N13O6S2. The molecule has 0 saturated carbocycles. The summed E-state index contributed by atoms with van der Waals surface area (Å²) < 4.78 is 4.35. The number of likely N-dealkylation sites (tertiary alicyclic amines) is 1. The molecule has 0 aliphatic carbocycles. The molecule has 0 spiro atoms. The number of carbonyl (C=O) groups is 3. The number of aromatic nitrogens is 8. The Bertz CT molecular complexity index is 3600. The summed E-state index contributed by atoms with van der Waals surface area (Å²) in [5.74, 6) is -0.522. The zero-order valence-corrected chi connectivity index (χ0v) is 41.7. The first-order chi connectivity index (χ1) is 36.0. The number of aryl methyl sites for hydroxylation is 2. The van der Waals surface area contributed by atoms with E-state index in [0.29, 0.717) is 77.2 Å². The van der Waals surface area contributed by atoms with Crippen molar-refractivity contribution in [2.75, 3.05) is 19.6 Å². The first kappa shape index (κ1) is 49.1. The lowest BCUT2D eigenvalue weighted by Crippen LogP contribution is -2.49. The molecular weight excluding hydrogens is 979 g/mol. The Morgan fingerprint density at radius 3 is 2.24 bits per heavy atom. The maximum Gasteiger partial charge on any atom is 0.301 e. The quantitative estimate of drug-likeness (QED) is 0.0661. The van der Waals surface area contributed by atoms with E-state index in [4.69, 9.17) is 4.98 Å². The van der Waals surface area contributed by atoms with E-state index >= 15 is 0 Å². The third-order valence-corrected chi connectivity index (χ3v) is 14.3. The highest BCUT2D eigenvalue weighted by atomic mass is 32.1. The molecule has 0 bridgehead atoms. The van der Waals surface area contributed by atoms with Crippen LogP contribution in [0.1, 0.15) is 47.2 Å². The topological polar surface area (TPSA) is 240 Å². The predicted octanol–water partition coefficient (Wildman–Crippen LogP) is 7.36. The third-order valence-electron chi connectivity index (χ3n) is 12.9. The van der Waals surface area contributed by atoms with Crippen molar-refractivity contribution in [2.24, 2.45) is 17.3 Å². The van der Waals surface area contributed by atoms with E-state index < -0.39 is 11.2 Å². The lowest BCUT2D eigenvalue weighted by molar-refractivity contribution is -0.135. The number of thiazole rings is 2. The zero-order valence-electron chi connectivity index (χ0n) is 40.0. The van der Waals surface area contributed by atoms with E-state index in [1.54, 1.807) is 52.5 Å². The lowest BCUT2D eigenvalue weighted by Gasteiger charge is -2.38. The number of fused-ring (bicyclic) bond motifs is 1. The molecule has 1 fully saturated rings. The molecule has 0 unspecified atom stereocenters. The van der Waals surface area contributed by atoms with Gasteiger partial charge in [0.2, 0.25) is 22.1 Å². The van der Waals surface area contributed by atoms with Crippen LogP contribution in [0.25, 0.3) is 49.9 Å². The summed E-state index contributed by atoms with van der Waals surface area (Å²) in [4.78, 5) is 81.3. The first-order valence-corrected chi connectivity index (χ1v) is 25.6. The van der Waals surface area contributed by atoms with E-state index in [1.807, 2.05) is 90.3 Å². The number of azo groups is 1. The predicted molar refractivity (Wildman–Crippen MR) is 282 cm³/mol. The fraction of sp³-hybridized carbons (Fsp3) is 0.226. The van der Waals surface area contributed by atoms with Crippen LogP contribution in [0.15, 0.2) is 152 Å². The van der Waals surface area contributed by atoms with Crippen molar-refractivity contribution in [1.82, 2.24) is 54.6 Å². The van der Waals surface area contributed by atoms with Gasteiger partial charge < -0.3 is 20.6 Å². The summed E-state index contributed by atoms with van der Waals surface area (Å²) >= 11 is 2.58. The smallest absolute Gasteiger partial charge is 0.301 e. The van der Waals surface area contributed by atoms with Crippen LogP contribution in [0.2, 0.25) is 0 Å². The number of benzene rings is 4. The first-order valence-electron chi connectivity index (χ1n) is 23.9. The van der Waals surface area contributed by atoms with Gasteiger partial charge in [0.05, 0.1) is 35.6 Å². The van der Waals surface area contributed by atoms with Gasteiger partial charge in [-0.15, -0.1) is 32.9 Å². The number of nitrogens with zero attached hydrogens (tertiary/aromatic N) is 10. The molecule has 21 heteroatoms. The van der Waals surface area contributed by atoms with Crippen LogP contribution in [0, 0.1) is 0 Å². The van der Waals surface area contributed by atoms with Crippen LogP contribution in [-0.4, -0.2) is 92.0 Å². The van der Waals surface area contributed by atoms with Gasteiger partial charge in [0, 0.05) is 85.3 Å². The minimum atomic E-state index is -1.17. The van der Waals surface area contributed by atoms with Crippen molar-refractivity contribution >= 4 is 62.2 Å². The summed E-state index contributed by atoms with van der Waals surface area (Å²) in [6.07, 6.45) is 4.87. The van der Waals surface area contributed by atoms with Crippen LogP contribution < -0.4 is 21.8 Å². The highest BCUT2D eigenvalue weighted by Gasteiger charge is 2.35. The molecule has 4 aromatic carbocycles. The van der Waals surface area contributed by atoms with Crippen molar-refractivity contribution in [3.05, 3.63) is 170 Å². The summed E-state index contributed by atoms with van der Waals surface area (Å²) in [6, 6.07) is 33.6. The SMILES string of the molecule is Cn1nc2c(=O)n(CC3(O)CCN(C(=O)CCc4ccccc4)CC3)cnc2c1-c1ccc(CNC(=O)CCNC(=O)c2ccc(-c3csc(-n4[nH]c(-c5ccccc5)c(N=Nc5nccs5)c4=O)n3)cc2)cc1. The minimum Gasteiger partial charge on any atom is -0.388 e. The molecule has 5 aromatic heterocycles. The van der Waals surface area contributed by atoms with Crippen LogP contribution in [0.4, 0.5) is 10.8 Å². The number of rotatable bonds is 17. The van der Waals surface area contributed by atoms with Gasteiger partial charge in [-0.05, 0) is 42.5 Å². The fourth-order valence-electron chi connectivity index (χ4n) is 8.81. The number of hydrogen-bond acceptors (Lipinski definition) is 14. The number of H-pyrrole nitrogens is 1. The molecule has 10 rings (SSSR count). The maximum absolute atomic E-state index is 13.7. The van der Waals surface area contributed by atoms with E-state index in [2.05, 4.69) is 41.0 Å². The molecule has 74 heavy (non-hydrogen) atoms. The Kier molecular flexibility index (Phi) is 14.4. The third kappa shape index (κ3) is 10.9. The molecule has 6 heterocycles. The normalized spacial score (nSPS) is 13.4. The molecule has 1 saturated heterocycles. The van der Waals surface area contributed by atoms with Crippen molar-refractivity contribution in [3.8, 4) is 38.9 Å². The van der Waals surface area contributed by atoms with Gasteiger partial charge >= 0.3 is 5.56 Å². The molecule has 0 radical (unpaired) electrons. The Morgan fingerprint density at radius 1 is 0.784 bits per heavy atom. The Hall–Kier alpha value is -8.53. The summed E-state index contributed by atoms with van der Waals surface area (Å²) in [6.45, 7) is 1.23. The average molecular weight is 1030 g/mol. The number of hydrogen-bond donors (Lipinski definition) is 4. The second-order valence-electron chi connectivity index (χ2n) is 17.9. The zero-order chi connectivity index (χ0) is 51.2. The largest absolute Gasteiger partial charge is 0.388 e. The summed E-state index contributed by atoms with van der Waals surface area (Å²) in [5.41, 5.74) is 5.15. The van der Waals surface area contributed by atoms with Crippen LogP contribution >= 0.6 is 22.7 Å². The molecule has 0 atom stereocenters.